The van der Waals surface area contributed by atoms with Gasteiger partial charge >= 0.3 is 6.09 Å². The summed E-state index contributed by atoms with van der Waals surface area (Å²) in [5.41, 5.74) is 1.71. The first-order chi connectivity index (χ1) is 13.4. The second kappa shape index (κ2) is 7.79. The van der Waals surface area contributed by atoms with Crippen LogP contribution in [0.4, 0.5) is 22.0 Å². The van der Waals surface area contributed by atoms with E-state index in [1.807, 2.05) is 25.7 Å². The van der Waals surface area contributed by atoms with E-state index in [2.05, 4.69) is 20.0 Å². The molecule has 0 fully saturated rings. The maximum Gasteiger partial charge on any atom is 0.411 e. The van der Waals surface area contributed by atoms with E-state index in [0.717, 1.165) is 0 Å². The highest BCUT2D eigenvalue weighted by molar-refractivity contribution is 6.04. The molecule has 0 aliphatic carbocycles. The topological polar surface area (TPSA) is 101 Å². The fourth-order valence-electron chi connectivity index (χ4n) is 3.36. The number of nitrogens with one attached hydrogen (secondary N) is 1. The number of amides is 2. The van der Waals surface area contributed by atoms with Crippen LogP contribution in [0.1, 0.15) is 27.2 Å². The van der Waals surface area contributed by atoms with E-state index >= 15 is 0 Å². The number of likely N-dealkylation sites (N-methyl/N-ethyl adjacent to an activating group) is 1. The summed E-state index contributed by atoms with van der Waals surface area (Å²) in [5, 5.41) is 2.63. The first kappa shape index (κ1) is 19.5. The lowest BCUT2D eigenvalue weighted by Crippen LogP contribution is -2.54. The highest BCUT2D eigenvalue weighted by atomic mass is 16.5. The number of anilines is 3. The van der Waals surface area contributed by atoms with Crippen LogP contribution in [0.3, 0.4) is 0 Å². The van der Waals surface area contributed by atoms with Gasteiger partial charge in [-0.2, -0.15) is 0 Å². The number of rotatable bonds is 4. The van der Waals surface area contributed by atoms with Crippen molar-refractivity contribution in [1.82, 2.24) is 15.0 Å². The minimum Gasteiger partial charge on any atom is -0.453 e. The van der Waals surface area contributed by atoms with Crippen molar-refractivity contribution < 1.29 is 14.3 Å². The molecule has 0 aromatic carbocycles. The molecule has 1 aliphatic rings. The van der Waals surface area contributed by atoms with Gasteiger partial charge in [0.2, 0.25) is 5.91 Å². The Bertz CT molecular complexity index is 901. The third-order valence-electron chi connectivity index (χ3n) is 4.73. The zero-order valence-electron chi connectivity index (χ0n) is 16.6. The second-order valence-electron chi connectivity index (χ2n) is 6.76. The third-order valence-corrected chi connectivity index (χ3v) is 4.73. The number of ether oxygens (including phenoxy) is 1. The largest absolute Gasteiger partial charge is 0.453 e. The molecule has 1 atom stereocenters. The molecule has 1 N–H and O–H groups in total. The van der Waals surface area contributed by atoms with Gasteiger partial charge in [0, 0.05) is 24.8 Å². The number of pyridine rings is 1. The normalized spacial score (nSPS) is 16.2. The number of aromatic nitrogens is 3. The number of fused-ring (bicyclic) bond motifs is 1. The Hall–Kier alpha value is -3.23. The lowest BCUT2D eigenvalue weighted by Gasteiger charge is -2.42. The van der Waals surface area contributed by atoms with Crippen LogP contribution in [0, 0.1) is 0 Å². The molecule has 9 nitrogen and oxygen atoms in total. The minimum absolute atomic E-state index is 0.0250. The van der Waals surface area contributed by atoms with Crippen molar-refractivity contribution in [2.24, 2.45) is 0 Å². The Labute approximate surface area is 163 Å². The Morgan fingerprint density at radius 2 is 2.11 bits per heavy atom. The molecule has 2 aromatic rings. The van der Waals surface area contributed by atoms with Crippen LogP contribution in [-0.4, -0.2) is 53.2 Å². The summed E-state index contributed by atoms with van der Waals surface area (Å²) in [6.07, 6.45) is 4.82. The van der Waals surface area contributed by atoms with Crippen LogP contribution in [-0.2, 0) is 9.53 Å². The molecule has 0 saturated heterocycles. The molecule has 0 spiro atoms. The number of carbonyl (C=O) groups excluding carboxylic acids is 2. The van der Waals surface area contributed by atoms with Crippen LogP contribution < -0.4 is 15.1 Å². The van der Waals surface area contributed by atoms with Crippen molar-refractivity contribution in [3.05, 3.63) is 24.7 Å². The summed E-state index contributed by atoms with van der Waals surface area (Å²) in [5.74, 6) is 1.14. The molecule has 9 heteroatoms. The summed E-state index contributed by atoms with van der Waals surface area (Å²) in [6.45, 7) is 6.05. The zero-order valence-corrected chi connectivity index (χ0v) is 16.6. The van der Waals surface area contributed by atoms with Gasteiger partial charge < -0.3 is 14.5 Å². The molecule has 3 heterocycles. The molecule has 0 unspecified atom stereocenters. The van der Waals surface area contributed by atoms with Gasteiger partial charge in [0.05, 0.1) is 25.2 Å². The van der Waals surface area contributed by atoms with E-state index in [0.29, 0.717) is 35.0 Å². The van der Waals surface area contributed by atoms with Crippen molar-refractivity contribution in [2.45, 2.75) is 39.3 Å². The summed E-state index contributed by atoms with van der Waals surface area (Å²) in [4.78, 5) is 41.3. The zero-order chi connectivity index (χ0) is 20.4. The molecular weight excluding hydrogens is 360 g/mol. The van der Waals surface area contributed by atoms with E-state index in [9.17, 15) is 9.59 Å². The molecule has 2 amide bonds. The Balaban J connectivity index is 2.13. The lowest BCUT2D eigenvalue weighted by atomic mass is 10.1. The smallest absolute Gasteiger partial charge is 0.411 e. The van der Waals surface area contributed by atoms with Crippen LogP contribution >= 0.6 is 0 Å². The van der Waals surface area contributed by atoms with Crippen molar-refractivity contribution in [3.63, 3.8) is 0 Å². The van der Waals surface area contributed by atoms with E-state index in [1.165, 1.54) is 13.3 Å². The Morgan fingerprint density at radius 3 is 2.75 bits per heavy atom. The molecule has 28 heavy (non-hydrogen) atoms. The number of hydrogen-bond acceptors (Lipinski definition) is 7. The highest BCUT2D eigenvalue weighted by Gasteiger charge is 2.38. The Kier molecular flexibility index (Phi) is 5.43. The standard InChI is InChI=1S/C19H24N6O3/c1-6-14-18(26)24(4)15-10-21-16(23-17(15)25(14)11(2)3)12-7-8-20-9-13(12)22-19(27)28-5/h7-11,14H,6H2,1-5H3,(H,22,27)/t14-/m1/s1. The van der Waals surface area contributed by atoms with E-state index in [-0.39, 0.29) is 18.0 Å². The fraction of sp³-hybridized carbons (Fsp3) is 0.421. The molecule has 1 aliphatic heterocycles. The summed E-state index contributed by atoms with van der Waals surface area (Å²) in [6, 6.07) is 1.52. The van der Waals surface area contributed by atoms with E-state index in [4.69, 9.17) is 4.98 Å². The molecular formula is C19H24N6O3. The SMILES string of the molecule is CC[C@@H]1C(=O)N(C)c2cnc(-c3ccncc3NC(=O)OC)nc2N1C(C)C. The summed E-state index contributed by atoms with van der Waals surface area (Å²) >= 11 is 0. The van der Waals surface area contributed by atoms with Crippen LogP contribution in [0.2, 0.25) is 0 Å². The predicted molar refractivity (Wildman–Crippen MR) is 106 cm³/mol. The van der Waals surface area contributed by atoms with Gasteiger partial charge in [0.25, 0.3) is 0 Å². The van der Waals surface area contributed by atoms with Gasteiger partial charge in [-0.3, -0.25) is 15.1 Å². The molecule has 0 bridgehead atoms. The van der Waals surface area contributed by atoms with Crippen molar-refractivity contribution in [2.75, 3.05) is 29.3 Å². The average Bonchev–Trinajstić information content (AvgIpc) is 2.70. The van der Waals surface area contributed by atoms with Crippen LogP contribution in [0.15, 0.2) is 24.7 Å². The summed E-state index contributed by atoms with van der Waals surface area (Å²) in [7, 11) is 3.03. The molecule has 0 saturated carbocycles. The predicted octanol–water partition coefficient (Wildman–Crippen LogP) is 2.69. The monoisotopic (exact) mass is 384 g/mol. The van der Waals surface area contributed by atoms with Gasteiger partial charge in [-0.1, -0.05) is 6.92 Å². The number of nitrogens with zero attached hydrogens (tertiary/aromatic N) is 5. The van der Waals surface area contributed by atoms with Gasteiger partial charge in [0.15, 0.2) is 11.6 Å². The fourth-order valence-corrected chi connectivity index (χ4v) is 3.36. The Morgan fingerprint density at radius 1 is 1.36 bits per heavy atom. The maximum atomic E-state index is 12.8. The maximum absolute atomic E-state index is 12.8. The molecule has 2 aromatic heterocycles. The summed E-state index contributed by atoms with van der Waals surface area (Å²) < 4.78 is 4.67. The highest BCUT2D eigenvalue weighted by Crippen LogP contribution is 2.37. The molecule has 3 rings (SSSR count). The lowest BCUT2D eigenvalue weighted by molar-refractivity contribution is -0.120. The van der Waals surface area contributed by atoms with Gasteiger partial charge in [-0.25, -0.2) is 14.8 Å². The second-order valence-corrected chi connectivity index (χ2v) is 6.76. The number of hydrogen-bond donors (Lipinski definition) is 1. The first-order valence-electron chi connectivity index (χ1n) is 9.11. The average molecular weight is 384 g/mol. The van der Waals surface area contributed by atoms with Crippen molar-refractivity contribution in [1.29, 1.82) is 0 Å². The third kappa shape index (κ3) is 3.35. The molecule has 0 radical (unpaired) electrons. The number of carbonyl (C=O) groups is 2. The minimum atomic E-state index is -0.604. The number of methoxy groups -OCH3 is 1. The van der Waals surface area contributed by atoms with E-state index < -0.39 is 6.09 Å². The molecule has 148 valence electrons. The quantitative estimate of drug-likeness (QED) is 0.865. The van der Waals surface area contributed by atoms with E-state index in [1.54, 1.807) is 30.4 Å². The van der Waals surface area contributed by atoms with Crippen molar-refractivity contribution in [3.8, 4) is 11.4 Å². The van der Waals surface area contributed by atoms with Crippen LogP contribution in [0.5, 0.6) is 0 Å². The van der Waals surface area contributed by atoms with Gasteiger partial charge in [-0.05, 0) is 26.3 Å². The van der Waals surface area contributed by atoms with Crippen molar-refractivity contribution >= 4 is 29.2 Å². The van der Waals surface area contributed by atoms with Gasteiger partial charge in [-0.15, -0.1) is 0 Å². The first-order valence-corrected chi connectivity index (χ1v) is 9.11. The van der Waals surface area contributed by atoms with Gasteiger partial charge in [0.1, 0.15) is 11.7 Å². The van der Waals surface area contributed by atoms with Crippen LogP contribution in [0.25, 0.3) is 11.4 Å².